The SMILES string of the molecule is Cc1ccc(S(=O)(=O)NCCc2ccc3c(c2)OCO3)cc1. The van der Waals surface area contributed by atoms with E-state index in [1.54, 1.807) is 24.3 Å². The molecule has 0 spiro atoms. The Morgan fingerprint density at radius 3 is 2.55 bits per heavy atom. The number of nitrogens with one attached hydrogen (secondary N) is 1. The molecule has 2 aromatic rings. The third kappa shape index (κ3) is 3.23. The Hall–Kier alpha value is -2.05. The van der Waals surface area contributed by atoms with Gasteiger partial charge in [-0.1, -0.05) is 23.8 Å². The van der Waals surface area contributed by atoms with Gasteiger partial charge in [-0.05, 0) is 43.2 Å². The van der Waals surface area contributed by atoms with Crippen LogP contribution in [0.3, 0.4) is 0 Å². The first-order valence-electron chi connectivity index (χ1n) is 6.99. The molecule has 22 heavy (non-hydrogen) atoms. The van der Waals surface area contributed by atoms with Gasteiger partial charge in [0.1, 0.15) is 0 Å². The Bertz CT molecular complexity index is 769. The number of fused-ring (bicyclic) bond motifs is 1. The van der Waals surface area contributed by atoms with Crippen molar-refractivity contribution in [1.82, 2.24) is 4.72 Å². The van der Waals surface area contributed by atoms with Gasteiger partial charge in [0.15, 0.2) is 11.5 Å². The zero-order valence-corrected chi connectivity index (χ0v) is 13.0. The van der Waals surface area contributed by atoms with Crippen LogP contribution in [-0.4, -0.2) is 21.8 Å². The largest absolute Gasteiger partial charge is 0.454 e. The summed E-state index contributed by atoms with van der Waals surface area (Å²) >= 11 is 0. The topological polar surface area (TPSA) is 64.6 Å². The van der Waals surface area contributed by atoms with Gasteiger partial charge in [0.05, 0.1) is 4.90 Å². The lowest BCUT2D eigenvalue weighted by Crippen LogP contribution is -2.25. The highest BCUT2D eigenvalue weighted by molar-refractivity contribution is 7.89. The molecule has 3 rings (SSSR count). The molecule has 0 aromatic heterocycles. The summed E-state index contributed by atoms with van der Waals surface area (Å²) < 4.78 is 37.5. The second-order valence-corrected chi connectivity index (χ2v) is 6.92. The zero-order chi connectivity index (χ0) is 15.6. The summed E-state index contributed by atoms with van der Waals surface area (Å²) in [6, 6.07) is 12.4. The molecule has 5 nitrogen and oxygen atoms in total. The number of hydrogen-bond donors (Lipinski definition) is 1. The molecule has 0 unspecified atom stereocenters. The first-order valence-corrected chi connectivity index (χ1v) is 8.48. The Labute approximate surface area is 129 Å². The molecular formula is C16H17NO4S. The third-order valence-corrected chi connectivity index (χ3v) is 4.95. The fourth-order valence-electron chi connectivity index (χ4n) is 2.23. The quantitative estimate of drug-likeness (QED) is 0.918. The smallest absolute Gasteiger partial charge is 0.240 e. The molecule has 0 saturated heterocycles. The van der Waals surface area contributed by atoms with E-state index in [4.69, 9.17) is 9.47 Å². The lowest BCUT2D eigenvalue weighted by Gasteiger charge is -2.07. The van der Waals surface area contributed by atoms with E-state index in [9.17, 15) is 8.42 Å². The predicted molar refractivity (Wildman–Crippen MR) is 82.6 cm³/mol. The highest BCUT2D eigenvalue weighted by Gasteiger charge is 2.15. The van der Waals surface area contributed by atoms with Gasteiger partial charge in [-0.15, -0.1) is 0 Å². The van der Waals surface area contributed by atoms with E-state index in [-0.39, 0.29) is 11.7 Å². The number of benzene rings is 2. The standard InChI is InChI=1S/C16H17NO4S/c1-12-2-5-14(6-3-12)22(18,19)17-9-8-13-4-7-15-16(10-13)21-11-20-15/h2-7,10,17H,8-9,11H2,1H3. The van der Waals surface area contributed by atoms with Crippen molar-refractivity contribution in [3.63, 3.8) is 0 Å². The predicted octanol–water partition coefficient (Wildman–Crippen LogP) is 2.24. The lowest BCUT2D eigenvalue weighted by atomic mass is 10.1. The van der Waals surface area contributed by atoms with Gasteiger partial charge in [-0.25, -0.2) is 13.1 Å². The second-order valence-electron chi connectivity index (χ2n) is 5.15. The van der Waals surface area contributed by atoms with Crippen LogP contribution in [0, 0.1) is 6.92 Å². The molecule has 6 heteroatoms. The van der Waals surface area contributed by atoms with Crippen molar-refractivity contribution in [3.8, 4) is 11.5 Å². The average molecular weight is 319 g/mol. The maximum Gasteiger partial charge on any atom is 0.240 e. The van der Waals surface area contributed by atoms with Crippen LogP contribution in [0.1, 0.15) is 11.1 Å². The van der Waals surface area contributed by atoms with Crippen LogP contribution in [0.5, 0.6) is 11.5 Å². The van der Waals surface area contributed by atoms with E-state index in [0.717, 1.165) is 16.9 Å². The first kappa shape index (κ1) is 14.9. The Morgan fingerprint density at radius 1 is 1.05 bits per heavy atom. The molecular weight excluding hydrogens is 302 g/mol. The summed E-state index contributed by atoms with van der Waals surface area (Å²) in [6.45, 7) is 2.48. The summed E-state index contributed by atoms with van der Waals surface area (Å²) in [6.07, 6.45) is 0.585. The van der Waals surface area contributed by atoms with E-state index in [1.165, 1.54) is 0 Å². The molecule has 1 aliphatic rings. The van der Waals surface area contributed by atoms with Crippen LogP contribution < -0.4 is 14.2 Å². The maximum atomic E-state index is 12.2. The minimum Gasteiger partial charge on any atom is -0.454 e. The van der Waals surface area contributed by atoms with Crippen LogP contribution in [0.15, 0.2) is 47.4 Å². The molecule has 1 aliphatic heterocycles. The molecule has 0 bridgehead atoms. The maximum absolute atomic E-state index is 12.2. The minimum absolute atomic E-state index is 0.235. The van der Waals surface area contributed by atoms with Gasteiger partial charge in [-0.2, -0.15) is 0 Å². The summed E-state index contributed by atoms with van der Waals surface area (Å²) in [5.41, 5.74) is 2.02. The van der Waals surface area contributed by atoms with Crippen LogP contribution in [0.25, 0.3) is 0 Å². The number of rotatable bonds is 5. The third-order valence-electron chi connectivity index (χ3n) is 3.47. The Kier molecular flexibility index (Phi) is 4.04. The molecule has 116 valence electrons. The minimum atomic E-state index is -3.46. The number of ether oxygens (including phenoxy) is 2. The second kappa shape index (κ2) is 5.98. The van der Waals surface area contributed by atoms with Gasteiger partial charge in [0, 0.05) is 6.54 Å². The van der Waals surface area contributed by atoms with Crippen molar-refractivity contribution in [2.45, 2.75) is 18.2 Å². The molecule has 0 amide bonds. The summed E-state index contributed by atoms with van der Waals surface area (Å²) in [7, 11) is -3.46. The normalized spacial score (nSPS) is 13.3. The van der Waals surface area contributed by atoms with Crippen LogP contribution >= 0.6 is 0 Å². The monoisotopic (exact) mass is 319 g/mol. The van der Waals surface area contributed by atoms with E-state index in [2.05, 4.69) is 4.72 Å². The van der Waals surface area contributed by atoms with Gasteiger partial charge in [-0.3, -0.25) is 0 Å². The van der Waals surface area contributed by atoms with Crippen LogP contribution in [-0.2, 0) is 16.4 Å². The molecule has 0 saturated carbocycles. The highest BCUT2D eigenvalue weighted by Crippen LogP contribution is 2.32. The summed E-state index contributed by atoms with van der Waals surface area (Å²) in [4.78, 5) is 0.281. The van der Waals surface area contributed by atoms with Gasteiger partial charge in [0.2, 0.25) is 16.8 Å². The molecule has 1 heterocycles. The van der Waals surface area contributed by atoms with E-state index in [1.807, 2.05) is 25.1 Å². The molecule has 0 radical (unpaired) electrons. The van der Waals surface area contributed by atoms with Crippen molar-refractivity contribution in [2.24, 2.45) is 0 Å². The van der Waals surface area contributed by atoms with Gasteiger partial charge >= 0.3 is 0 Å². The Balaban J connectivity index is 1.61. The lowest BCUT2D eigenvalue weighted by molar-refractivity contribution is 0.174. The van der Waals surface area contributed by atoms with Crippen molar-refractivity contribution < 1.29 is 17.9 Å². The number of hydrogen-bond acceptors (Lipinski definition) is 4. The molecule has 2 aromatic carbocycles. The average Bonchev–Trinajstić information content (AvgIpc) is 2.95. The van der Waals surface area contributed by atoms with E-state index < -0.39 is 10.0 Å². The van der Waals surface area contributed by atoms with E-state index in [0.29, 0.717) is 18.7 Å². The number of sulfonamides is 1. The summed E-state index contributed by atoms with van der Waals surface area (Å²) in [5.74, 6) is 1.43. The Morgan fingerprint density at radius 2 is 1.77 bits per heavy atom. The van der Waals surface area contributed by atoms with E-state index >= 15 is 0 Å². The van der Waals surface area contributed by atoms with Crippen molar-refractivity contribution in [1.29, 1.82) is 0 Å². The number of aryl methyl sites for hydroxylation is 1. The molecule has 0 fully saturated rings. The first-order chi connectivity index (χ1) is 10.5. The molecule has 0 atom stereocenters. The summed E-state index contributed by atoms with van der Waals surface area (Å²) in [5, 5.41) is 0. The van der Waals surface area contributed by atoms with Crippen LogP contribution in [0.4, 0.5) is 0 Å². The van der Waals surface area contributed by atoms with Gasteiger partial charge in [0.25, 0.3) is 0 Å². The molecule has 1 N–H and O–H groups in total. The van der Waals surface area contributed by atoms with Gasteiger partial charge < -0.3 is 9.47 Å². The zero-order valence-electron chi connectivity index (χ0n) is 12.2. The van der Waals surface area contributed by atoms with Crippen molar-refractivity contribution in [3.05, 3.63) is 53.6 Å². The van der Waals surface area contributed by atoms with Crippen LogP contribution in [0.2, 0.25) is 0 Å². The molecule has 0 aliphatic carbocycles. The highest BCUT2D eigenvalue weighted by atomic mass is 32.2. The fraction of sp³-hybridized carbons (Fsp3) is 0.250. The fourth-order valence-corrected chi connectivity index (χ4v) is 3.26. The van der Waals surface area contributed by atoms with Crippen molar-refractivity contribution >= 4 is 10.0 Å². The van der Waals surface area contributed by atoms with Crippen molar-refractivity contribution in [2.75, 3.05) is 13.3 Å².